The lowest BCUT2D eigenvalue weighted by Crippen LogP contribution is -2.55. The number of carbonyl (C=O) groups excluding carboxylic acids is 1. The van der Waals surface area contributed by atoms with Crippen LogP contribution in [0.3, 0.4) is 0 Å². The zero-order chi connectivity index (χ0) is 20.2. The minimum atomic E-state index is -0.904. The molecule has 0 aliphatic carbocycles. The summed E-state index contributed by atoms with van der Waals surface area (Å²) < 4.78 is 5.53. The van der Waals surface area contributed by atoms with Crippen molar-refractivity contribution in [1.29, 1.82) is 0 Å². The summed E-state index contributed by atoms with van der Waals surface area (Å²) >= 11 is 0. The lowest BCUT2D eigenvalue weighted by atomic mass is 9.98. The van der Waals surface area contributed by atoms with Crippen LogP contribution in [0.4, 0.5) is 4.79 Å². The highest BCUT2D eigenvalue weighted by molar-refractivity contribution is 5.89. The van der Waals surface area contributed by atoms with Gasteiger partial charge in [-0.2, -0.15) is 0 Å². The van der Waals surface area contributed by atoms with E-state index in [2.05, 4.69) is 18.7 Å². The summed E-state index contributed by atoms with van der Waals surface area (Å²) in [7, 11) is 0. The van der Waals surface area contributed by atoms with Crippen molar-refractivity contribution in [2.75, 3.05) is 19.6 Å². The second-order valence-corrected chi connectivity index (χ2v) is 8.64. The molecule has 2 rings (SSSR count). The van der Waals surface area contributed by atoms with Gasteiger partial charge in [-0.05, 0) is 44.7 Å². The first-order chi connectivity index (χ1) is 12.6. The van der Waals surface area contributed by atoms with Gasteiger partial charge in [0.05, 0.1) is 5.56 Å². The van der Waals surface area contributed by atoms with E-state index in [4.69, 9.17) is 4.74 Å². The zero-order valence-corrected chi connectivity index (χ0v) is 17.1. The van der Waals surface area contributed by atoms with Gasteiger partial charge in [0.25, 0.3) is 0 Å². The Bertz CT molecular complexity index is 666. The molecule has 1 aliphatic heterocycles. The monoisotopic (exact) mass is 376 g/mol. The number of ether oxygens (including phenoxy) is 1. The first-order valence-electron chi connectivity index (χ1n) is 9.60. The minimum absolute atomic E-state index is 0.174. The highest BCUT2D eigenvalue weighted by atomic mass is 16.6. The molecule has 1 aliphatic rings. The third-order valence-corrected chi connectivity index (χ3v) is 4.62. The second kappa shape index (κ2) is 8.74. The first-order valence-corrected chi connectivity index (χ1v) is 9.60. The summed E-state index contributed by atoms with van der Waals surface area (Å²) in [6.45, 7) is 12.4. The van der Waals surface area contributed by atoms with E-state index in [1.165, 1.54) is 0 Å². The third kappa shape index (κ3) is 6.24. The fraction of sp³-hybridized carbons (Fsp3) is 0.619. The van der Waals surface area contributed by atoms with E-state index < -0.39 is 11.6 Å². The maximum Gasteiger partial charge on any atom is 0.410 e. The van der Waals surface area contributed by atoms with Gasteiger partial charge in [0.1, 0.15) is 5.60 Å². The van der Waals surface area contributed by atoms with Crippen LogP contribution in [0.15, 0.2) is 24.3 Å². The van der Waals surface area contributed by atoms with Crippen molar-refractivity contribution in [2.45, 2.75) is 59.2 Å². The van der Waals surface area contributed by atoms with Gasteiger partial charge in [0, 0.05) is 32.2 Å². The van der Waals surface area contributed by atoms with Crippen LogP contribution < -0.4 is 0 Å². The van der Waals surface area contributed by atoms with Gasteiger partial charge in [-0.15, -0.1) is 0 Å². The van der Waals surface area contributed by atoms with Crippen molar-refractivity contribution in [1.82, 2.24) is 9.80 Å². The van der Waals surface area contributed by atoms with Gasteiger partial charge in [-0.25, -0.2) is 9.59 Å². The van der Waals surface area contributed by atoms with Gasteiger partial charge < -0.3 is 14.7 Å². The van der Waals surface area contributed by atoms with Crippen molar-refractivity contribution < 1.29 is 19.4 Å². The number of hydrogen-bond donors (Lipinski definition) is 1. The quantitative estimate of drug-likeness (QED) is 0.845. The molecule has 1 fully saturated rings. The van der Waals surface area contributed by atoms with Gasteiger partial charge in [0.2, 0.25) is 0 Å². The Labute approximate surface area is 162 Å². The Morgan fingerprint density at radius 1 is 1.22 bits per heavy atom. The second-order valence-electron chi connectivity index (χ2n) is 8.64. The normalized spacial score (nSPS) is 18.6. The summed E-state index contributed by atoms with van der Waals surface area (Å²) in [4.78, 5) is 28.0. The minimum Gasteiger partial charge on any atom is -0.478 e. The highest BCUT2D eigenvalue weighted by Crippen LogP contribution is 2.23. The molecule has 0 spiro atoms. The Balaban J connectivity index is 2.13. The smallest absolute Gasteiger partial charge is 0.410 e. The van der Waals surface area contributed by atoms with Crippen LogP contribution in [0.5, 0.6) is 0 Å². The highest BCUT2D eigenvalue weighted by Gasteiger charge is 2.32. The predicted molar refractivity (Wildman–Crippen MR) is 105 cm³/mol. The van der Waals surface area contributed by atoms with Crippen molar-refractivity contribution in [3.05, 3.63) is 35.4 Å². The van der Waals surface area contributed by atoms with E-state index in [1.807, 2.05) is 32.9 Å². The largest absolute Gasteiger partial charge is 0.478 e. The molecule has 1 heterocycles. The Morgan fingerprint density at radius 2 is 1.89 bits per heavy atom. The van der Waals surface area contributed by atoms with Crippen LogP contribution in [0.1, 0.15) is 57.0 Å². The number of amides is 1. The molecule has 0 aromatic heterocycles. The molecule has 1 N–H and O–H groups in total. The van der Waals surface area contributed by atoms with E-state index in [9.17, 15) is 14.7 Å². The predicted octanol–water partition coefficient (Wildman–Crippen LogP) is 3.85. The Hall–Kier alpha value is -2.08. The molecule has 6 nitrogen and oxygen atoms in total. The molecular weight excluding hydrogens is 344 g/mol. The number of nitrogens with zero attached hydrogens (tertiary/aromatic N) is 2. The first kappa shape index (κ1) is 21.2. The van der Waals surface area contributed by atoms with E-state index in [0.717, 1.165) is 12.0 Å². The van der Waals surface area contributed by atoms with Crippen LogP contribution >= 0.6 is 0 Å². The average Bonchev–Trinajstić information content (AvgIpc) is 2.54. The molecule has 6 heteroatoms. The molecule has 0 bridgehead atoms. The molecule has 1 aromatic rings. The molecule has 0 radical (unpaired) electrons. The van der Waals surface area contributed by atoms with Gasteiger partial charge in [0.15, 0.2) is 0 Å². The van der Waals surface area contributed by atoms with Crippen LogP contribution in [0, 0.1) is 5.92 Å². The molecule has 0 saturated carbocycles. The number of benzene rings is 1. The summed E-state index contributed by atoms with van der Waals surface area (Å²) in [6.07, 6.45) is 0.663. The third-order valence-electron chi connectivity index (χ3n) is 4.62. The fourth-order valence-corrected chi connectivity index (χ4v) is 3.45. The summed E-state index contributed by atoms with van der Waals surface area (Å²) in [6, 6.07) is 7.31. The summed E-state index contributed by atoms with van der Waals surface area (Å²) in [5.41, 5.74) is 0.641. The Morgan fingerprint density at radius 3 is 2.48 bits per heavy atom. The number of rotatable bonds is 5. The van der Waals surface area contributed by atoms with Crippen molar-refractivity contribution in [3.63, 3.8) is 0 Å². The molecule has 1 saturated heterocycles. The number of piperazine rings is 1. The van der Waals surface area contributed by atoms with E-state index >= 15 is 0 Å². The van der Waals surface area contributed by atoms with E-state index in [-0.39, 0.29) is 12.1 Å². The molecule has 150 valence electrons. The van der Waals surface area contributed by atoms with E-state index in [0.29, 0.717) is 37.7 Å². The molecule has 27 heavy (non-hydrogen) atoms. The van der Waals surface area contributed by atoms with Gasteiger partial charge in [-0.3, -0.25) is 4.90 Å². The zero-order valence-electron chi connectivity index (χ0n) is 17.1. The maximum atomic E-state index is 12.5. The van der Waals surface area contributed by atoms with Crippen LogP contribution in [0.2, 0.25) is 0 Å². The lowest BCUT2D eigenvalue weighted by Gasteiger charge is -2.42. The fourth-order valence-electron chi connectivity index (χ4n) is 3.45. The number of aromatic carboxylic acids is 1. The maximum absolute atomic E-state index is 12.5. The van der Waals surface area contributed by atoms with Crippen LogP contribution in [0.25, 0.3) is 0 Å². The van der Waals surface area contributed by atoms with Crippen molar-refractivity contribution >= 4 is 12.1 Å². The summed E-state index contributed by atoms with van der Waals surface area (Å²) in [5.74, 6) is -0.427. The molecular formula is C21H32N2O4. The topological polar surface area (TPSA) is 70.1 Å². The molecule has 1 aromatic carbocycles. The number of hydrogen-bond acceptors (Lipinski definition) is 4. The molecule has 1 amide bonds. The molecule has 0 unspecified atom stereocenters. The van der Waals surface area contributed by atoms with Crippen LogP contribution in [-0.2, 0) is 11.3 Å². The standard InChI is InChI=1S/C21H32N2O4/c1-15(2)12-17-14-23(20(26)27-21(3,4)5)11-10-22(17)13-16-8-6-7-9-18(16)19(24)25/h6-9,15,17H,10-14H2,1-5H3,(H,24,25)/t17-/m1/s1. The van der Waals surface area contributed by atoms with Crippen molar-refractivity contribution in [3.8, 4) is 0 Å². The SMILES string of the molecule is CC(C)C[C@@H]1CN(C(=O)OC(C)(C)C)CCN1Cc1ccccc1C(=O)O. The van der Waals surface area contributed by atoms with Crippen molar-refractivity contribution in [2.24, 2.45) is 5.92 Å². The molecule has 1 atom stereocenters. The van der Waals surface area contributed by atoms with Crippen LogP contribution in [-0.4, -0.2) is 58.2 Å². The number of carboxylic acids is 1. The van der Waals surface area contributed by atoms with Gasteiger partial charge in [-0.1, -0.05) is 32.0 Å². The number of carbonyl (C=O) groups is 2. The van der Waals surface area contributed by atoms with E-state index in [1.54, 1.807) is 17.0 Å². The Kier molecular flexibility index (Phi) is 6.87. The number of carboxylic acid groups (broad SMARTS) is 1. The van der Waals surface area contributed by atoms with Gasteiger partial charge >= 0.3 is 12.1 Å². The average molecular weight is 376 g/mol. The summed E-state index contributed by atoms with van der Waals surface area (Å²) in [5, 5.41) is 9.44. The lowest BCUT2D eigenvalue weighted by molar-refractivity contribution is -0.000368.